The largest absolute Gasteiger partial charge is 0.493 e. The van der Waals surface area contributed by atoms with Crippen molar-refractivity contribution < 1.29 is 19.1 Å². The van der Waals surface area contributed by atoms with Crippen LogP contribution in [-0.4, -0.2) is 32.6 Å². The van der Waals surface area contributed by atoms with Crippen molar-refractivity contribution in [3.63, 3.8) is 0 Å². The Balaban J connectivity index is 1.74. The van der Waals surface area contributed by atoms with Gasteiger partial charge in [0, 0.05) is 29.2 Å². The van der Waals surface area contributed by atoms with Gasteiger partial charge in [-0.3, -0.25) is 9.59 Å². The lowest BCUT2D eigenvalue weighted by molar-refractivity contribution is -0.122. The van der Waals surface area contributed by atoms with Gasteiger partial charge < -0.3 is 19.7 Å². The van der Waals surface area contributed by atoms with Gasteiger partial charge in [-0.25, -0.2) is 0 Å². The number of nitrogens with zero attached hydrogens (tertiary/aromatic N) is 1. The second-order valence-electron chi connectivity index (χ2n) is 5.91. The first-order chi connectivity index (χ1) is 12.5. The van der Waals surface area contributed by atoms with Crippen molar-refractivity contribution in [2.75, 3.05) is 31.0 Å². The number of hydrogen-bond acceptors (Lipinski definition) is 4. The second-order valence-corrected chi connectivity index (χ2v) is 6.77. The summed E-state index contributed by atoms with van der Waals surface area (Å²) < 4.78 is 11.3. The minimum absolute atomic E-state index is 0.0931. The van der Waals surface area contributed by atoms with Crippen LogP contribution >= 0.6 is 15.9 Å². The summed E-state index contributed by atoms with van der Waals surface area (Å²) in [5.74, 6) is 0.450. The third kappa shape index (κ3) is 3.67. The molecule has 1 aliphatic heterocycles. The van der Waals surface area contributed by atoms with Gasteiger partial charge in [-0.15, -0.1) is 0 Å². The summed E-state index contributed by atoms with van der Waals surface area (Å²) in [4.78, 5) is 26.6. The number of rotatable bonds is 5. The summed E-state index contributed by atoms with van der Waals surface area (Å²) in [5.41, 5.74) is 1.37. The van der Waals surface area contributed by atoms with E-state index in [0.29, 0.717) is 29.4 Å². The molecular weight excluding hydrogens is 400 g/mol. The number of ether oxygens (including phenoxy) is 2. The molecule has 26 heavy (non-hydrogen) atoms. The smallest absolute Gasteiger partial charge is 0.229 e. The van der Waals surface area contributed by atoms with Gasteiger partial charge in [-0.05, 0) is 40.2 Å². The average molecular weight is 419 g/mol. The maximum Gasteiger partial charge on any atom is 0.229 e. The van der Waals surface area contributed by atoms with Gasteiger partial charge in [0.25, 0.3) is 0 Å². The van der Waals surface area contributed by atoms with E-state index in [0.717, 1.165) is 4.47 Å². The van der Waals surface area contributed by atoms with Crippen LogP contribution in [-0.2, 0) is 9.59 Å². The summed E-state index contributed by atoms with van der Waals surface area (Å²) >= 11 is 3.41. The molecular formula is C19H19BrN2O4. The van der Waals surface area contributed by atoms with Gasteiger partial charge in [0.05, 0.1) is 25.8 Å². The summed E-state index contributed by atoms with van der Waals surface area (Å²) in [7, 11) is 3.10. The normalized spacial score (nSPS) is 16.5. The van der Waals surface area contributed by atoms with Crippen LogP contribution in [0.3, 0.4) is 0 Å². The molecule has 0 radical (unpaired) electrons. The number of anilines is 2. The molecule has 2 aromatic carbocycles. The fraction of sp³-hybridized carbons (Fsp3) is 0.263. The molecule has 1 saturated heterocycles. The van der Waals surface area contributed by atoms with Crippen molar-refractivity contribution in [2.45, 2.75) is 6.42 Å². The summed E-state index contributed by atoms with van der Waals surface area (Å²) in [6.07, 6.45) is 0.171. The van der Waals surface area contributed by atoms with E-state index >= 15 is 0 Å². The maximum absolute atomic E-state index is 12.6. The van der Waals surface area contributed by atoms with Gasteiger partial charge in [-0.1, -0.05) is 12.1 Å². The van der Waals surface area contributed by atoms with Crippen LogP contribution in [0.2, 0.25) is 0 Å². The molecule has 0 aromatic heterocycles. The Hall–Kier alpha value is -2.54. The highest BCUT2D eigenvalue weighted by Gasteiger charge is 2.35. The average Bonchev–Trinajstić information content (AvgIpc) is 3.05. The molecule has 1 unspecified atom stereocenters. The van der Waals surface area contributed by atoms with Crippen molar-refractivity contribution in [1.82, 2.24) is 0 Å². The molecule has 2 amide bonds. The topological polar surface area (TPSA) is 67.9 Å². The number of halogens is 1. The number of carbonyl (C=O) groups is 2. The molecule has 7 heteroatoms. The summed E-state index contributed by atoms with van der Waals surface area (Å²) in [6, 6.07) is 12.7. The number of nitrogens with one attached hydrogen (secondary N) is 1. The number of methoxy groups -OCH3 is 2. The van der Waals surface area contributed by atoms with Gasteiger partial charge in [0.15, 0.2) is 11.5 Å². The van der Waals surface area contributed by atoms with E-state index in [1.807, 2.05) is 24.3 Å². The highest BCUT2D eigenvalue weighted by molar-refractivity contribution is 9.10. The predicted octanol–water partition coefficient (Wildman–Crippen LogP) is 3.46. The minimum atomic E-state index is -0.414. The zero-order chi connectivity index (χ0) is 18.7. The van der Waals surface area contributed by atoms with E-state index in [1.165, 1.54) is 0 Å². The molecule has 0 spiro atoms. The van der Waals surface area contributed by atoms with Crippen molar-refractivity contribution in [3.8, 4) is 11.5 Å². The molecule has 6 nitrogen and oxygen atoms in total. The third-order valence-corrected chi connectivity index (χ3v) is 5.00. The molecule has 136 valence electrons. The maximum atomic E-state index is 12.6. The zero-order valence-electron chi connectivity index (χ0n) is 14.5. The molecule has 0 saturated carbocycles. The Morgan fingerprint density at radius 1 is 1.15 bits per heavy atom. The first kappa shape index (κ1) is 18.3. The highest BCUT2D eigenvalue weighted by atomic mass is 79.9. The van der Waals surface area contributed by atoms with Gasteiger partial charge in [-0.2, -0.15) is 0 Å². The first-order valence-corrected chi connectivity index (χ1v) is 8.90. The van der Waals surface area contributed by atoms with Crippen LogP contribution in [0.4, 0.5) is 11.4 Å². The molecule has 2 aromatic rings. The van der Waals surface area contributed by atoms with Crippen LogP contribution in [0.1, 0.15) is 6.42 Å². The number of carbonyl (C=O) groups excluding carboxylic acids is 2. The fourth-order valence-corrected chi connectivity index (χ4v) is 3.31. The van der Waals surface area contributed by atoms with E-state index in [4.69, 9.17) is 9.47 Å². The third-order valence-electron chi connectivity index (χ3n) is 4.31. The highest BCUT2D eigenvalue weighted by Crippen LogP contribution is 2.34. The Kier molecular flexibility index (Phi) is 5.46. The summed E-state index contributed by atoms with van der Waals surface area (Å²) in [6.45, 7) is 0.324. The van der Waals surface area contributed by atoms with Crippen molar-refractivity contribution in [3.05, 3.63) is 46.9 Å². The molecule has 0 aliphatic carbocycles. The molecule has 3 rings (SSSR count). The summed E-state index contributed by atoms with van der Waals surface area (Å²) in [5, 5.41) is 2.88. The Morgan fingerprint density at radius 3 is 2.58 bits per heavy atom. The van der Waals surface area contributed by atoms with Crippen molar-refractivity contribution in [1.29, 1.82) is 0 Å². The monoisotopic (exact) mass is 418 g/mol. The lowest BCUT2D eigenvalue weighted by Gasteiger charge is -2.18. The van der Waals surface area contributed by atoms with E-state index in [-0.39, 0.29) is 18.2 Å². The van der Waals surface area contributed by atoms with Gasteiger partial charge >= 0.3 is 0 Å². The molecule has 1 N–H and O–H groups in total. The SMILES string of the molecule is COc1ccc(N2CC(C(=O)Nc3ccccc3Br)CC2=O)cc1OC. The second kappa shape index (κ2) is 7.78. The quantitative estimate of drug-likeness (QED) is 0.806. The van der Waals surface area contributed by atoms with Crippen LogP contribution in [0, 0.1) is 5.92 Å². The molecule has 1 fully saturated rings. The van der Waals surface area contributed by atoms with Crippen LogP contribution in [0.5, 0.6) is 11.5 Å². The van der Waals surface area contributed by atoms with Crippen molar-refractivity contribution in [2.24, 2.45) is 5.92 Å². The van der Waals surface area contributed by atoms with Gasteiger partial charge in [0.2, 0.25) is 11.8 Å². The van der Waals surface area contributed by atoms with Gasteiger partial charge in [0.1, 0.15) is 0 Å². The van der Waals surface area contributed by atoms with E-state index in [1.54, 1.807) is 37.3 Å². The number of para-hydroxylation sites is 1. The van der Waals surface area contributed by atoms with E-state index < -0.39 is 5.92 Å². The van der Waals surface area contributed by atoms with E-state index in [9.17, 15) is 9.59 Å². The number of hydrogen-bond donors (Lipinski definition) is 1. The van der Waals surface area contributed by atoms with E-state index in [2.05, 4.69) is 21.2 Å². The Morgan fingerprint density at radius 2 is 1.88 bits per heavy atom. The molecule has 1 heterocycles. The minimum Gasteiger partial charge on any atom is -0.493 e. The number of benzene rings is 2. The van der Waals surface area contributed by atoms with Crippen LogP contribution in [0.15, 0.2) is 46.9 Å². The first-order valence-electron chi connectivity index (χ1n) is 8.11. The zero-order valence-corrected chi connectivity index (χ0v) is 16.1. The van der Waals surface area contributed by atoms with Crippen LogP contribution in [0.25, 0.3) is 0 Å². The fourth-order valence-electron chi connectivity index (χ4n) is 2.92. The standard InChI is InChI=1S/C19H19BrN2O4/c1-25-16-8-7-13(10-17(16)26-2)22-11-12(9-18(22)23)19(24)21-15-6-4-3-5-14(15)20/h3-8,10,12H,9,11H2,1-2H3,(H,21,24). The molecule has 0 bridgehead atoms. The lowest BCUT2D eigenvalue weighted by Crippen LogP contribution is -2.28. The number of amides is 2. The van der Waals surface area contributed by atoms with Crippen LogP contribution < -0.4 is 19.7 Å². The Labute approximate surface area is 160 Å². The predicted molar refractivity (Wildman–Crippen MR) is 103 cm³/mol. The molecule has 1 atom stereocenters. The molecule has 1 aliphatic rings. The Bertz CT molecular complexity index is 840. The van der Waals surface area contributed by atoms with Crippen molar-refractivity contribution >= 4 is 39.1 Å². The lowest BCUT2D eigenvalue weighted by atomic mass is 10.1.